The van der Waals surface area contributed by atoms with E-state index in [2.05, 4.69) is 11.8 Å². The summed E-state index contributed by atoms with van der Waals surface area (Å²) in [4.78, 5) is 14.5. The minimum absolute atomic E-state index is 0.106. The average Bonchev–Trinajstić information content (AvgIpc) is 2.65. The Morgan fingerprint density at radius 3 is 2.52 bits per heavy atom. The van der Waals surface area contributed by atoms with Gasteiger partial charge in [-0.25, -0.2) is 0 Å². The highest BCUT2D eigenvalue weighted by Gasteiger charge is 2.41. The van der Waals surface area contributed by atoms with Crippen molar-refractivity contribution in [1.29, 1.82) is 0 Å². The monoisotopic (exact) mass is 347 g/mol. The second-order valence-corrected chi connectivity index (χ2v) is 7.07. The second kappa shape index (κ2) is 7.65. The lowest BCUT2D eigenvalue weighted by Crippen LogP contribution is -2.46. The molecule has 0 N–H and O–H groups in total. The summed E-state index contributed by atoms with van der Waals surface area (Å²) in [5, 5.41) is 0. The molecule has 3 atom stereocenters. The van der Waals surface area contributed by atoms with Crippen molar-refractivity contribution in [2.24, 2.45) is 11.8 Å². The predicted molar refractivity (Wildman–Crippen MR) is 96.1 cm³/mol. The van der Waals surface area contributed by atoms with E-state index in [0.717, 1.165) is 43.9 Å². The molecule has 2 aliphatic heterocycles. The molecule has 5 heteroatoms. The molecule has 0 aliphatic carbocycles. The zero-order valence-corrected chi connectivity index (χ0v) is 15.7. The Kier molecular flexibility index (Phi) is 5.52. The molecule has 1 aromatic rings. The Bertz CT molecular complexity index is 630. The van der Waals surface area contributed by atoms with E-state index in [1.54, 1.807) is 14.2 Å². The van der Waals surface area contributed by atoms with E-state index in [-0.39, 0.29) is 12.0 Å². The van der Waals surface area contributed by atoms with Crippen LogP contribution in [-0.4, -0.2) is 45.3 Å². The molecule has 1 aromatic carbocycles. The Hall–Kier alpha value is -1.75. The first-order valence-electron chi connectivity index (χ1n) is 9.17. The van der Waals surface area contributed by atoms with Gasteiger partial charge in [-0.15, -0.1) is 0 Å². The number of piperidine rings is 1. The Morgan fingerprint density at radius 2 is 1.88 bits per heavy atom. The Morgan fingerprint density at radius 1 is 1.16 bits per heavy atom. The highest BCUT2D eigenvalue weighted by Crippen LogP contribution is 2.48. The summed E-state index contributed by atoms with van der Waals surface area (Å²) < 4.78 is 16.2. The third-order valence-corrected chi connectivity index (χ3v) is 5.98. The average molecular weight is 347 g/mol. The standard InChI is InChI=1S/C20H29NO4/c1-5-13-12-21-9-8-15-17(23-2)6-7-18(24-3)20(15)16(21)10-14(13)11-19(22)25-4/h6-7,13-14,16H,5,8-12H2,1-4H3/t13-,14+,16+/m1/s1. The number of carbonyl (C=O) groups excluding carboxylic acids is 1. The summed E-state index contributed by atoms with van der Waals surface area (Å²) in [6.45, 7) is 4.28. The second-order valence-electron chi connectivity index (χ2n) is 7.07. The molecule has 1 saturated heterocycles. The topological polar surface area (TPSA) is 48.0 Å². The number of fused-ring (bicyclic) bond motifs is 3. The summed E-state index contributed by atoms with van der Waals surface area (Å²) >= 11 is 0. The van der Waals surface area contributed by atoms with Crippen molar-refractivity contribution < 1.29 is 19.0 Å². The molecule has 0 saturated carbocycles. The zero-order valence-electron chi connectivity index (χ0n) is 15.7. The lowest BCUT2D eigenvalue weighted by molar-refractivity contribution is -0.143. The molecule has 5 nitrogen and oxygen atoms in total. The van der Waals surface area contributed by atoms with E-state index < -0.39 is 0 Å². The first-order chi connectivity index (χ1) is 12.1. The molecule has 3 rings (SSSR count). The van der Waals surface area contributed by atoms with Crippen LogP contribution in [0, 0.1) is 11.8 Å². The number of hydrogen-bond donors (Lipinski definition) is 0. The summed E-state index contributed by atoms with van der Waals surface area (Å²) in [7, 11) is 4.93. The molecule has 25 heavy (non-hydrogen) atoms. The van der Waals surface area contributed by atoms with Crippen LogP contribution in [0.3, 0.4) is 0 Å². The molecule has 2 heterocycles. The van der Waals surface area contributed by atoms with Gasteiger partial charge in [-0.2, -0.15) is 0 Å². The van der Waals surface area contributed by atoms with Crippen molar-refractivity contribution >= 4 is 5.97 Å². The molecule has 0 unspecified atom stereocenters. The zero-order chi connectivity index (χ0) is 18.0. The van der Waals surface area contributed by atoms with Crippen molar-refractivity contribution in [3.63, 3.8) is 0 Å². The number of rotatable bonds is 5. The van der Waals surface area contributed by atoms with E-state index in [1.807, 2.05) is 12.1 Å². The predicted octanol–water partition coefficient (Wildman–Crippen LogP) is 3.21. The van der Waals surface area contributed by atoms with Crippen molar-refractivity contribution in [3.8, 4) is 11.5 Å². The highest BCUT2D eigenvalue weighted by atomic mass is 16.5. The van der Waals surface area contributed by atoms with Crippen LogP contribution in [0.15, 0.2) is 12.1 Å². The normalized spacial score (nSPS) is 25.7. The fourth-order valence-corrected chi connectivity index (χ4v) is 4.63. The largest absolute Gasteiger partial charge is 0.496 e. The van der Waals surface area contributed by atoms with Gasteiger partial charge >= 0.3 is 5.97 Å². The van der Waals surface area contributed by atoms with Gasteiger partial charge in [0.05, 0.1) is 21.3 Å². The first kappa shape index (κ1) is 18.1. The molecule has 0 radical (unpaired) electrons. The first-order valence-corrected chi connectivity index (χ1v) is 9.17. The van der Waals surface area contributed by atoms with E-state index in [0.29, 0.717) is 18.3 Å². The number of benzene rings is 1. The summed E-state index contributed by atoms with van der Waals surface area (Å²) in [5.41, 5.74) is 2.51. The van der Waals surface area contributed by atoms with E-state index in [4.69, 9.17) is 14.2 Å². The maximum absolute atomic E-state index is 11.9. The molecule has 2 aliphatic rings. The smallest absolute Gasteiger partial charge is 0.305 e. The van der Waals surface area contributed by atoms with Gasteiger partial charge < -0.3 is 14.2 Å². The lowest BCUT2D eigenvalue weighted by Gasteiger charge is -2.47. The van der Waals surface area contributed by atoms with Crippen LogP contribution >= 0.6 is 0 Å². The molecule has 138 valence electrons. The minimum atomic E-state index is -0.106. The Balaban J connectivity index is 1.96. The van der Waals surface area contributed by atoms with E-state index >= 15 is 0 Å². The van der Waals surface area contributed by atoms with Gasteiger partial charge in [0.15, 0.2) is 0 Å². The molecule has 1 fully saturated rings. The van der Waals surface area contributed by atoms with Crippen molar-refractivity contribution in [2.45, 2.75) is 38.6 Å². The number of esters is 1. The molecule has 0 amide bonds. The van der Waals surface area contributed by atoms with Gasteiger partial charge in [-0.1, -0.05) is 13.3 Å². The number of nitrogens with zero attached hydrogens (tertiary/aromatic N) is 1. The number of methoxy groups -OCH3 is 3. The fraction of sp³-hybridized carbons (Fsp3) is 0.650. The molecule has 0 spiro atoms. The maximum Gasteiger partial charge on any atom is 0.305 e. The number of hydrogen-bond acceptors (Lipinski definition) is 5. The van der Waals surface area contributed by atoms with Crippen LogP contribution in [0.5, 0.6) is 11.5 Å². The molecule has 0 aromatic heterocycles. The Labute approximate surface area is 150 Å². The lowest BCUT2D eigenvalue weighted by atomic mass is 9.74. The highest BCUT2D eigenvalue weighted by molar-refractivity contribution is 5.69. The quantitative estimate of drug-likeness (QED) is 0.766. The van der Waals surface area contributed by atoms with Gasteiger partial charge in [0.2, 0.25) is 0 Å². The SMILES string of the molecule is CC[C@@H]1CN2CCc3c(OC)ccc(OC)c3[C@@H]2C[C@H]1CC(=O)OC. The molecular formula is C20H29NO4. The van der Waals surface area contributed by atoms with Gasteiger partial charge in [-0.05, 0) is 36.8 Å². The van der Waals surface area contributed by atoms with Gasteiger partial charge in [0.1, 0.15) is 11.5 Å². The maximum atomic E-state index is 11.9. The number of carbonyl (C=O) groups is 1. The van der Waals surface area contributed by atoms with Crippen molar-refractivity contribution in [3.05, 3.63) is 23.3 Å². The van der Waals surface area contributed by atoms with Crippen LogP contribution in [-0.2, 0) is 16.0 Å². The molecule has 0 bridgehead atoms. The summed E-state index contributed by atoms with van der Waals surface area (Å²) in [5.74, 6) is 2.65. The summed E-state index contributed by atoms with van der Waals surface area (Å²) in [6.07, 6.45) is 3.53. The number of ether oxygens (including phenoxy) is 3. The van der Waals surface area contributed by atoms with Crippen LogP contribution in [0.1, 0.15) is 43.4 Å². The van der Waals surface area contributed by atoms with Crippen LogP contribution in [0.4, 0.5) is 0 Å². The van der Waals surface area contributed by atoms with E-state index in [9.17, 15) is 4.79 Å². The van der Waals surface area contributed by atoms with Crippen molar-refractivity contribution in [1.82, 2.24) is 4.90 Å². The van der Waals surface area contributed by atoms with Crippen LogP contribution < -0.4 is 9.47 Å². The van der Waals surface area contributed by atoms with E-state index in [1.165, 1.54) is 18.2 Å². The molecular weight excluding hydrogens is 318 g/mol. The van der Waals surface area contributed by atoms with Crippen molar-refractivity contribution in [2.75, 3.05) is 34.4 Å². The summed E-state index contributed by atoms with van der Waals surface area (Å²) in [6, 6.07) is 4.28. The fourth-order valence-electron chi connectivity index (χ4n) is 4.63. The minimum Gasteiger partial charge on any atom is -0.496 e. The van der Waals surface area contributed by atoms with Gasteiger partial charge in [0.25, 0.3) is 0 Å². The van der Waals surface area contributed by atoms with Crippen LogP contribution in [0.25, 0.3) is 0 Å². The van der Waals surface area contributed by atoms with Gasteiger partial charge in [-0.3, -0.25) is 9.69 Å². The third-order valence-electron chi connectivity index (χ3n) is 5.98. The third kappa shape index (κ3) is 3.34. The van der Waals surface area contributed by atoms with Crippen LogP contribution in [0.2, 0.25) is 0 Å². The van der Waals surface area contributed by atoms with Gasteiger partial charge in [0, 0.05) is 36.7 Å².